The summed E-state index contributed by atoms with van der Waals surface area (Å²) in [4.78, 5) is 4.95. The number of β-amino-alcohol motifs (C(OH)–C–C–N with tert-alkyl or cyclic N) is 1. The van der Waals surface area contributed by atoms with E-state index < -0.39 is 8.56 Å². The lowest BCUT2D eigenvalue weighted by molar-refractivity contribution is -0.104. The highest BCUT2D eigenvalue weighted by Gasteiger charge is 2.29. The molecule has 0 bridgehead atoms. The van der Waals surface area contributed by atoms with Gasteiger partial charge in [-0.05, 0) is 116 Å². The zero-order chi connectivity index (χ0) is 41.2. The number of hydrogen-bond acceptors (Lipinski definition) is 6. The number of allylic oxidation sites excluding steroid dienone is 8. The highest BCUT2D eigenvalue weighted by atomic mass is 28.4. The van der Waals surface area contributed by atoms with Crippen LogP contribution in [-0.4, -0.2) is 88.8 Å². The van der Waals surface area contributed by atoms with Crippen LogP contribution in [0.4, 0.5) is 0 Å². The summed E-state index contributed by atoms with van der Waals surface area (Å²) in [6.45, 7) is 17.3. The molecule has 0 radical (unpaired) electrons. The maximum Gasteiger partial charge on any atom is 0.333 e. The fourth-order valence-corrected chi connectivity index (χ4v) is 8.96. The highest BCUT2D eigenvalue weighted by Crippen LogP contribution is 2.19. The van der Waals surface area contributed by atoms with E-state index in [1.807, 2.05) is 0 Å². The van der Waals surface area contributed by atoms with Crippen LogP contribution in [-0.2, 0) is 13.6 Å². The summed E-state index contributed by atoms with van der Waals surface area (Å²) in [5.41, 5.74) is 0. The third kappa shape index (κ3) is 37.7. The summed E-state index contributed by atoms with van der Waals surface area (Å²) >= 11 is 0. The van der Waals surface area contributed by atoms with E-state index in [4.69, 9.17) is 13.6 Å². The standard InChI is InChI=1S/C50H96N2O4Si/c1-5-7-9-11-13-15-17-19-21-23-25-27-29-31-34-38-48-54-50(40-36-32-30-28-26-24-22-20-18-16-14-12-10-8-6-2)56-57(3,4)55-49-39-35-33-37-41-51-42-44-52(45-43-51)46-47-53/h13-16,19-22,50,53H,5-12,17-18,23-49H2,1-4H3/b15-13-,16-14-,21-19-,22-20-. The molecule has 1 unspecified atom stereocenters. The lowest BCUT2D eigenvalue weighted by Crippen LogP contribution is -2.47. The maximum atomic E-state index is 9.17. The number of ether oxygens (including phenoxy) is 1. The first-order valence-corrected chi connectivity index (χ1v) is 27.4. The van der Waals surface area contributed by atoms with Gasteiger partial charge in [-0.25, -0.2) is 0 Å². The minimum atomic E-state index is -2.27. The zero-order valence-electron chi connectivity index (χ0n) is 38.4. The van der Waals surface area contributed by atoms with Crippen molar-refractivity contribution in [2.24, 2.45) is 0 Å². The fraction of sp³-hybridized carbons (Fsp3) is 0.840. The van der Waals surface area contributed by atoms with E-state index in [2.05, 4.69) is 85.3 Å². The molecule has 7 heteroatoms. The monoisotopic (exact) mass is 817 g/mol. The Kier molecular flexibility index (Phi) is 39.4. The maximum absolute atomic E-state index is 9.17. The van der Waals surface area contributed by atoms with Crippen LogP contribution in [0.2, 0.25) is 13.1 Å². The lowest BCUT2D eigenvalue weighted by Gasteiger charge is -2.34. The summed E-state index contributed by atoms with van der Waals surface area (Å²) in [6.07, 6.45) is 53.4. The van der Waals surface area contributed by atoms with Crippen molar-refractivity contribution in [1.29, 1.82) is 0 Å². The van der Waals surface area contributed by atoms with Crippen LogP contribution in [0.15, 0.2) is 48.6 Å². The Hall–Kier alpha value is -1.06. The van der Waals surface area contributed by atoms with Crippen molar-refractivity contribution in [2.45, 2.75) is 213 Å². The molecular weight excluding hydrogens is 721 g/mol. The van der Waals surface area contributed by atoms with Gasteiger partial charge < -0.3 is 23.6 Å². The second kappa shape index (κ2) is 41.7. The number of piperazine rings is 1. The van der Waals surface area contributed by atoms with E-state index in [1.54, 1.807) is 0 Å². The number of unbranched alkanes of at least 4 members (excludes halogenated alkanes) is 20. The van der Waals surface area contributed by atoms with Crippen molar-refractivity contribution >= 4 is 8.56 Å². The summed E-state index contributed by atoms with van der Waals surface area (Å²) in [5, 5.41) is 9.17. The Morgan fingerprint density at radius 3 is 1.42 bits per heavy atom. The lowest BCUT2D eigenvalue weighted by atomic mass is 10.1. The van der Waals surface area contributed by atoms with Gasteiger partial charge in [0.25, 0.3) is 0 Å². The van der Waals surface area contributed by atoms with Gasteiger partial charge in [-0.15, -0.1) is 0 Å². The Morgan fingerprint density at radius 2 is 0.912 bits per heavy atom. The quantitative estimate of drug-likeness (QED) is 0.0287. The Bertz CT molecular complexity index is 947. The number of hydrogen-bond donors (Lipinski definition) is 1. The van der Waals surface area contributed by atoms with Crippen molar-refractivity contribution in [3.05, 3.63) is 48.6 Å². The van der Waals surface area contributed by atoms with Gasteiger partial charge in [-0.3, -0.25) is 4.90 Å². The second-order valence-electron chi connectivity index (χ2n) is 17.1. The number of aliphatic hydroxyl groups excluding tert-OH is 1. The van der Waals surface area contributed by atoms with Crippen molar-refractivity contribution < 1.29 is 18.7 Å². The van der Waals surface area contributed by atoms with Crippen LogP contribution in [0.5, 0.6) is 0 Å². The summed E-state index contributed by atoms with van der Waals surface area (Å²) < 4.78 is 19.5. The van der Waals surface area contributed by atoms with Gasteiger partial charge in [0.15, 0.2) is 0 Å². The molecule has 1 aliphatic heterocycles. The third-order valence-electron chi connectivity index (χ3n) is 11.2. The molecule has 334 valence electrons. The summed E-state index contributed by atoms with van der Waals surface area (Å²) in [6, 6.07) is 0. The molecule has 1 atom stereocenters. The minimum Gasteiger partial charge on any atom is -0.395 e. The first kappa shape index (κ1) is 54.0. The molecule has 1 fully saturated rings. The van der Waals surface area contributed by atoms with Crippen LogP contribution in [0.3, 0.4) is 0 Å². The molecule has 0 spiro atoms. The third-order valence-corrected chi connectivity index (χ3v) is 12.9. The molecule has 1 rings (SSSR count). The number of nitrogens with zero attached hydrogens (tertiary/aromatic N) is 2. The molecular formula is C50H96N2O4Si. The molecule has 0 saturated carbocycles. The minimum absolute atomic E-state index is 0.138. The van der Waals surface area contributed by atoms with Crippen LogP contribution >= 0.6 is 0 Å². The van der Waals surface area contributed by atoms with E-state index in [0.717, 1.165) is 84.5 Å². The van der Waals surface area contributed by atoms with E-state index in [0.29, 0.717) is 0 Å². The predicted octanol–water partition coefficient (Wildman–Crippen LogP) is 13.9. The SMILES string of the molecule is CCCCC/C=C\C/C=C\CCCCCCCCOC(CCCCCCC/C=C\C/C=C\CCCCC)O[Si](C)(C)OCCCCCCN1CCN(CCO)CC1. The van der Waals surface area contributed by atoms with E-state index >= 15 is 0 Å². The van der Waals surface area contributed by atoms with Gasteiger partial charge >= 0.3 is 8.56 Å². The Morgan fingerprint density at radius 1 is 0.491 bits per heavy atom. The van der Waals surface area contributed by atoms with Crippen LogP contribution in [0.1, 0.15) is 194 Å². The van der Waals surface area contributed by atoms with Crippen molar-refractivity contribution in [2.75, 3.05) is 59.1 Å². The Labute approximate surface area is 356 Å². The first-order valence-electron chi connectivity index (χ1n) is 24.6. The van der Waals surface area contributed by atoms with Gasteiger partial charge in [0, 0.05) is 45.9 Å². The number of aliphatic hydroxyl groups is 1. The summed E-state index contributed by atoms with van der Waals surface area (Å²) in [7, 11) is -2.27. The molecule has 1 aliphatic rings. The molecule has 6 nitrogen and oxygen atoms in total. The smallest absolute Gasteiger partial charge is 0.333 e. The van der Waals surface area contributed by atoms with E-state index in [-0.39, 0.29) is 12.9 Å². The van der Waals surface area contributed by atoms with E-state index in [1.165, 1.54) is 148 Å². The van der Waals surface area contributed by atoms with Gasteiger partial charge in [-0.1, -0.05) is 146 Å². The molecule has 0 aliphatic carbocycles. The van der Waals surface area contributed by atoms with Gasteiger partial charge in [-0.2, -0.15) is 0 Å². The average Bonchev–Trinajstić information content (AvgIpc) is 3.20. The second-order valence-corrected chi connectivity index (χ2v) is 20.4. The predicted molar refractivity (Wildman–Crippen MR) is 251 cm³/mol. The Balaban J connectivity index is 2.28. The van der Waals surface area contributed by atoms with Crippen molar-refractivity contribution in [3.8, 4) is 0 Å². The van der Waals surface area contributed by atoms with Gasteiger partial charge in [0.1, 0.15) is 6.29 Å². The van der Waals surface area contributed by atoms with Gasteiger partial charge in [0.2, 0.25) is 0 Å². The van der Waals surface area contributed by atoms with Crippen LogP contribution in [0.25, 0.3) is 0 Å². The van der Waals surface area contributed by atoms with Crippen molar-refractivity contribution in [1.82, 2.24) is 9.80 Å². The topological polar surface area (TPSA) is 54.4 Å². The molecule has 57 heavy (non-hydrogen) atoms. The molecule has 0 amide bonds. The van der Waals surface area contributed by atoms with Gasteiger partial charge in [0.05, 0.1) is 6.61 Å². The summed E-state index contributed by atoms with van der Waals surface area (Å²) in [5.74, 6) is 0. The molecule has 1 N–H and O–H groups in total. The fourth-order valence-electron chi connectivity index (χ4n) is 7.44. The molecule has 1 heterocycles. The van der Waals surface area contributed by atoms with Crippen LogP contribution < -0.4 is 0 Å². The van der Waals surface area contributed by atoms with E-state index in [9.17, 15) is 5.11 Å². The molecule has 1 saturated heterocycles. The zero-order valence-corrected chi connectivity index (χ0v) is 39.4. The molecule has 0 aromatic carbocycles. The average molecular weight is 817 g/mol. The first-order chi connectivity index (χ1) is 28.0. The molecule has 0 aromatic heterocycles. The largest absolute Gasteiger partial charge is 0.395 e. The number of rotatable bonds is 42. The highest BCUT2D eigenvalue weighted by molar-refractivity contribution is 6.64. The van der Waals surface area contributed by atoms with Crippen molar-refractivity contribution in [3.63, 3.8) is 0 Å². The van der Waals surface area contributed by atoms with Crippen LogP contribution in [0, 0.1) is 0 Å². The molecule has 0 aromatic rings. The normalized spacial score (nSPS) is 15.5.